The van der Waals surface area contributed by atoms with Gasteiger partial charge in [0.15, 0.2) is 11.7 Å². The summed E-state index contributed by atoms with van der Waals surface area (Å²) in [5, 5.41) is 25.3. The molecule has 85 heavy (non-hydrogen) atoms. The van der Waals surface area contributed by atoms with E-state index in [9.17, 15) is 39.0 Å². The lowest BCUT2D eigenvalue weighted by atomic mass is 9.83. The van der Waals surface area contributed by atoms with E-state index in [0.717, 1.165) is 103 Å². The lowest BCUT2D eigenvalue weighted by molar-refractivity contribution is -0.158. The largest absolute Gasteiger partial charge is 0.462 e. The number of nitrogens with two attached hydrogens (primary N) is 1. The number of aliphatic hydroxyl groups is 2. The van der Waals surface area contributed by atoms with Gasteiger partial charge in [0.25, 0.3) is 0 Å². The third kappa shape index (κ3) is 17.6. The van der Waals surface area contributed by atoms with Gasteiger partial charge in [0.05, 0.1) is 25.7 Å². The van der Waals surface area contributed by atoms with Crippen molar-refractivity contribution >= 4 is 62.0 Å². The summed E-state index contributed by atoms with van der Waals surface area (Å²) >= 11 is 0. The maximum atomic E-state index is 13.7. The number of carbonyl (C=O) groups is 4. The molecule has 6 unspecified atom stereocenters. The zero-order chi connectivity index (χ0) is 60.6. The molecule has 5 N–H and O–H groups in total. The molecule has 2 aromatic carbocycles. The summed E-state index contributed by atoms with van der Waals surface area (Å²) < 4.78 is 37.8. The lowest BCUT2D eigenvalue weighted by Gasteiger charge is -2.26. The number of ketones is 1. The van der Waals surface area contributed by atoms with Crippen molar-refractivity contribution in [2.24, 2.45) is 11.8 Å². The number of amides is 1. The number of unbranched alkanes of at least 4 members (excludes halogenated alkanes) is 6. The molecule has 1 amide bonds. The van der Waals surface area contributed by atoms with Crippen LogP contribution in [0, 0.1) is 18.8 Å². The second-order valence-electron chi connectivity index (χ2n) is 23.6. The van der Waals surface area contributed by atoms with E-state index in [2.05, 4.69) is 44.1 Å². The molecule has 3 aliphatic heterocycles. The van der Waals surface area contributed by atoms with Crippen molar-refractivity contribution < 1.29 is 57.5 Å². The number of carbonyl (C=O) groups excluding carboxylic acids is 4. The second kappa shape index (κ2) is 31.3. The van der Waals surface area contributed by atoms with Gasteiger partial charge >= 0.3 is 17.6 Å². The number of aromatic nitrogens is 2. The van der Waals surface area contributed by atoms with Crippen molar-refractivity contribution in [1.82, 2.24) is 14.9 Å². The first kappa shape index (κ1) is 65.4. The predicted octanol–water partition coefficient (Wildman–Crippen LogP) is 10.2. The summed E-state index contributed by atoms with van der Waals surface area (Å²) in [7, 11) is 2.85. The number of esters is 2. The standard InChI is InChI=1S/C65H86N4O14S2/c1-6-8-9-10-11-14-29-78-46(36-80-62-61(76)55(35-70)83-63(62)69-28-26-56(66)67-64(69)77)38-84-85-39-47(37-79-58(74)16-13-12-15-43-25-27-65(5)52(43)34-57(73)68-65)81-59(75)24-20-44(71)31-42-18-22-48(51(32-42)41(4)7-2)60-49-21-17-40(3)30-53(49)82-54-33-45(72)19-23-50(54)60/h17-19,21-23,26,28,30,32-33,41,43,46-47,52,55,61-63,70,76H,6-16,20,24-25,27,29,31,34-39H2,1-5H3,(H,68,73)(H2,66,67,77)/t41?,43-,46?,47?,52?,55-,61?,62+,63-,65?/m1/s1. The van der Waals surface area contributed by atoms with Crippen molar-refractivity contribution in [2.75, 3.05) is 43.7 Å². The van der Waals surface area contributed by atoms with Crippen LogP contribution in [0.5, 0.6) is 0 Å². The molecular formula is C65H86N4O14S2. The first-order valence-corrected chi connectivity index (χ1v) is 33.0. The molecule has 10 atom stereocenters. The normalized spacial score (nSPS) is 22.1. The molecule has 2 saturated heterocycles. The maximum absolute atomic E-state index is 13.7. The van der Waals surface area contributed by atoms with E-state index in [-0.39, 0.29) is 79.0 Å². The smallest absolute Gasteiger partial charge is 0.351 e. The molecule has 0 spiro atoms. The topological polar surface area (TPSA) is 258 Å². The Labute approximate surface area is 506 Å². The highest BCUT2D eigenvalue weighted by Crippen LogP contribution is 2.48. The summed E-state index contributed by atoms with van der Waals surface area (Å²) in [5.74, 6) is 0.990. The Bertz CT molecular complexity index is 3150. The van der Waals surface area contributed by atoms with Crippen LogP contribution in [0.3, 0.4) is 0 Å². The van der Waals surface area contributed by atoms with E-state index < -0.39 is 61.0 Å². The SMILES string of the molecule is CCCCCCCCOC(CO[C@H]1C(O)[C@@H](CO)O[C@H]1n1ccc(N)nc1=O)CSSCC(COC(=O)CCCC[C@@H]1CCC2(C)NC(=O)CC12)OC(=O)CCC(=O)Cc1ccc(-c2c3ccc(=O)cc-3oc3cc(C)ccc23)c(C(C)CC)c1. The molecule has 8 rings (SSSR count). The molecule has 0 radical (unpaired) electrons. The predicted molar refractivity (Wildman–Crippen MR) is 330 cm³/mol. The third-order valence-electron chi connectivity index (χ3n) is 17.1. The molecule has 3 aromatic rings. The van der Waals surface area contributed by atoms with E-state index in [0.29, 0.717) is 48.4 Å². The third-order valence-corrected chi connectivity index (χ3v) is 19.6. The van der Waals surface area contributed by atoms with Gasteiger partial charge in [0, 0.05) is 78.1 Å². The first-order chi connectivity index (χ1) is 41.0. The highest BCUT2D eigenvalue weighted by atomic mass is 33.1. The van der Waals surface area contributed by atoms with Gasteiger partial charge in [-0.3, -0.25) is 28.5 Å². The zero-order valence-electron chi connectivity index (χ0n) is 49.9. The van der Waals surface area contributed by atoms with Crippen LogP contribution in [-0.2, 0) is 49.3 Å². The summed E-state index contributed by atoms with van der Waals surface area (Å²) in [6, 6.07) is 18.4. The summed E-state index contributed by atoms with van der Waals surface area (Å²) in [5.41, 5.74) is 11.1. The van der Waals surface area contributed by atoms with Gasteiger partial charge < -0.3 is 49.4 Å². The highest BCUT2D eigenvalue weighted by molar-refractivity contribution is 8.76. The quantitative estimate of drug-likeness (QED) is 0.0129. The minimum Gasteiger partial charge on any atom is -0.462 e. The number of benzene rings is 3. The number of aliphatic hydroxyl groups excluding tert-OH is 2. The molecule has 0 bridgehead atoms. The molecular weight excluding hydrogens is 1120 g/mol. The lowest BCUT2D eigenvalue weighted by Crippen LogP contribution is -2.40. The molecule has 18 nitrogen and oxygen atoms in total. The van der Waals surface area contributed by atoms with E-state index in [4.69, 9.17) is 33.8 Å². The molecule has 4 heterocycles. The zero-order valence-corrected chi connectivity index (χ0v) is 51.5. The summed E-state index contributed by atoms with van der Waals surface area (Å²) in [6.45, 7) is 10.3. The van der Waals surface area contributed by atoms with Crippen molar-refractivity contribution in [1.29, 1.82) is 0 Å². The van der Waals surface area contributed by atoms with Gasteiger partial charge in [-0.1, -0.05) is 118 Å². The number of ether oxygens (including phenoxy) is 5. The fourth-order valence-corrected chi connectivity index (χ4v) is 14.5. The molecule has 1 saturated carbocycles. The molecule has 462 valence electrons. The number of hydrogen-bond donors (Lipinski definition) is 4. The van der Waals surface area contributed by atoms with Crippen molar-refractivity contribution in [3.05, 3.63) is 104 Å². The van der Waals surface area contributed by atoms with Gasteiger partial charge in [-0.2, -0.15) is 4.98 Å². The van der Waals surface area contributed by atoms with Crippen molar-refractivity contribution in [3.63, 3.8) is 0 Å². The van der Waals surface area contributed by atoms with E-state index in [1.165, 1.54) is 50.9 Å². The molecule has 1 aromatic heterocycles. The van der Waals surface area contributed by atoms with Gasteiger partial charge in [-0.05, 0) is 110 Å². The number of fused-ring (bicyclic) bond motifs is 3. The Morgan fingerprint density at radius 2 is 1.67 bits per heavy atom. The Balaban J connectivity index is 0.899. The Kier molecular flexibility index (Phi) is 24.1. The number of hydrogen-bond acceptors (Lipinski definition) is 18. The Morgan fingerprint density at radius 3 is 2.45 bits per heavy atom. The number of aryl methyl sites for hydroxylation is 1. The number of nitrogens with one attached hydrogen (secondary N) is 1. The number of rotatable bonds is 34. The maximum Gasteiger partial charge on any atom is 0.351 e. The highest BCUT2D eigenvalue weighted by Gasteiger charge is 2.51. The Morgan fingerprint density at radius 1 is 0.894 bits per heavy atom. The summed E-state index contributed by atoms with van der Waals surface area (Å²) in [6.07, 6.45) is 7.83. The van der Waals surface area contributed by atoms with Crippen LogP contribution in [0.4, 0.5) is 5.82 Å². The monoisotopic (exact) mass is 1210 g/mol. The van der Waals surface area contributed by atoms with Crippen LogP contribution >= 0.6 is 21.6 Å². The molecule has 2 aliphatic carbocycles. The average molecular weight is 1210 g/mol. The van der Waals surface area contributed by atoms with Crippen molar-refractivity contribution in [3.8, 4) is 22.5 Å². The van der Waals surface area contributed by atoms with Crippen LogP contribution in [-0.4, -0.2) is 117 Å². The minimum absolute atomic E-state index is 0.00504. The van der Waals surface area contributed by atoms with Crippen LogP contribution in [0.25, 0.3) is 33.4 Å². The van der Waals surface area contributed by atoms with Gasteiger partial charge in [0.2, 0.25) is 5.91 Å². The van der Waals surface area contributed by atoms with Crippen LogP contribution in [0.1, 0.15) is 159 Å². The number of anilines is 1. The molecule has 20 heteroatoms. The van der Waals surface area contributed by atoms with Crippen LogP contribution in [0.15, 0.2) is 80.9 Å². The molecule has 3 fully saturated rings. The molecule has 5 aliphatic rings. The number of nitrogen functional groups attached to an aromatic ring is 1. The fraction of sp³-hybridized carbons (Fsp3) is 0.585. The van der Waals surface area contributed by atoms with Gasteiger partial charge in [0.1, 0.15) is 54.0 Å². The summed E-state index contributed by atoms with van der Waals surface area (Å²) in [4.78, 5) is 82.0. The van der Waals surface area contributed by atoms with E-state index in [1.807, 2.05) is 43.3 Å². The van der Waals surface area contributed by atoms with Gasteiger partial charge in [-0.15, -0.1) is 0 Å². The van der Waals surface area contributed by atoms with E-state index >= 15 is 0 Å². The second-order valence-corrected chi connectivity index (χ2v) is 26.2. The number of nitrogens with zero attached hydrogens (tertiary/aromatic N) is 2. The van der Waals surface area contributed by atoms with Crippen LogP contribution in [0.2, 0.25) is 0 Å². The average Bonchev–Trinajstić information content (AvgIpc) is 2.31. The fourth-order valence-electron chi connectivity index (χ4n) is 12.2. The van der Waals surface area contributed by atoms with Crippen molar-refractivity contribution in [2.45, 2.75) is 192 Å². The Hall–Kier alpha value is -5.61. The first-order valence-electron chi connectivity index (χ1n) is 30.5. The van der Waals surface area contributed by atoms with Gasteiger partial charge in [-0.25, -0.2) is 4.79 Å². The van der Waals surface area contributed by atoms with Crippen LogP contribution < -0.4 is 22.2 Å². The van der Waals surface area contributed by atoms with E-state index in [1.54, 1.807) is 6.07 Å². The number of Topliss-reactive ketones (excluding diaryl/α,β-unsaturated/α-hetero) is 1. The minimum atomic E-state index is -1.27.